The van der Waals surface area contributed by atoms with Crippen molar-refractivity contribution in [1.82, 2.24) is 4.90 Å². The smallest absolute Gasteiger partial charge is 0.0839 e. The lowest BCUT2D eigenvalue weighted by molar-refractivity contribution is 0.0396. The Hall–Kier alpha value is -0.120. The van der Waals surface area contributed by atoms with Crippen LogP contribution in [0.3, 0.4) is 0 Å². The van der Waals surface area contributed by atoms with Crippen molar-refractivity contribution in [1.29, 1.82) is 0 Å². The van der Waals surface area contributed by atoms with Crippen LogP contribution >= 0.6 is 0 Å². The minimum absolute atomic E-state index is 0.227. The summed E-state index contributed by atoms with van der Waals surface area (Å²) in [5.41, 5.74) is 5.90. The Kier molecular flexibility index (Phi) is 6.29. The van der Waals surface area contributed by atoms with E-state index in [-0.39, 0.29) is 6.17 Å². The average Bonchev–Trinajstić information content (AvgIpc) is 2.11. The predicted octanol–water partition coefficient (Wildman–Crippen LogP) is 1.16. The molecule has 0 amide bonds. The highest BCUT2D eigenvalue weighted by Gasteiger charge is 2.21. The third kappa shape index (κ3) is 4.07. The van der Waals surface area contributed by atoms with E-state index in [0.717, 1.165) is 19.4 Å². The van der Waals surface area contributed by atoms with Crippen LogP contribution in [0.5, 0.6) is 0 Å². The highest BCUT2D eigenvalue weighted by molar-refractivity contribution is 4.74. The van der Waals surface area contributed by atoms with Gasteiger partial charge in [0.05, 0.1) is 12.3 Å². The summed E-state index contributed by atoms with van der Waals surface area (Å²) in [4.78, 5) is 2.17. The van der Waals surface area contributed by atoms with Crippen LogP contribution in [0.1, 0.15) is 40.5 Å². The maximum atomic E-state index is 9.40. The van der Waals surface area contributed by atoms with E-state index >= 15 is 0 Å². The molecular weight excluding hydrogens is 164 g/mol. The molecule has 0 aliphatic rings. The summed E-state index contributed by atoms with van der Waals surface area (Å²) < 4.78 is 0. The standard InChI is InChI=1S/C10H24N2O/c1-5-7-12(8(3)6-2)10(11)9(4)13/h8-10,13H,5-7,11H2,1-4H3/t8?,9?,10-/m0/s1. The minimum atomic E-state index is -0.458. The Morgan fingerprint density at radius 3 is 2.15 bits per heavy atom. The zero-order valence-corrected chi connectivity index (χ0v) is 9.33. The zero-order valence-electron chi connectivity index (χ0n) is 9.33. The number of nitrogens with zero attached hydrogens (tertiary/aromatic N) is 1. The van der Waals surface area contributed by atoms with Gasteiger partial charge in [-0.25, -0.2) is 0 Å². The fourth-order valence-electron chi connectivity index (χ4n) is 1.43. The van der Waals surface area contributed by atoms with Crippen LogP contribution in [0.25, 0.3) is 0 Å². The van der Waals surface area contributed by atoms with Crippen molar-refractivity contribution in [3.8, 4) is 0 Å². The molecule has 0 aliphatic heterocycles. The van der Waals surface area contributed by atoms with Crippen LogP contribution in [0, 0.1) is 0 Å². The second kappa shape index (κ2) is 6.35. The van der Waals surface area contributed by atoms with Gasteiger partial charge in [0.1, 0.15) is 0 Å². The Morgan fingerprint density at radius 1 is 1.31 bits per heavy atom. The molecule has 0 bridgehead atoms. The highest BCUT2D eigenvalue weighted by atomic mass is 16.3. The van der Waals surface area contributed by atoms with Crippen molar-refractivity contribution in [3.63, 3.8) is 0 Å². The molecule has 80 valence electrons. The topological polar surface area (TPSA) is 49.5 Å². The average molecular weight is 188 g/mol. The molecule has 0 aliphatic carbocycles. The van der Waals surface area contributed by atoms with E-state index in [0.29, 0.717) is 6.04 Å². The number of rotatable bonds is 6. The Balaban J connectivity index is 4.22. The summed E-state index contributed by atoms with van der Waals surface area (Å²) in [7, 11) is 0. The molecule has 3 N–H and O–H groups in total. The minimum Gasteiger partial charge on any atom is -0.390 e. The maximum absolute atomic E-state index is 9.40. The van der Waals surface area contributed by atoms with Gasteiger partial charge in [-0.1, -0.05) is 13.8 Å². The molecule has 0 radical (unpaired) electrons. The Morgan fingerprint density at radius 2 is 1.85 bits per heavy atom. The number of nitrogens with two attached hydrogens (primary N) is 1. The van der Waals surface area contributed by atoms with Crippen LogP contribution in [0.15, 0.2) is 0 Å². The fourth-order valence-corrected chi connectivity index (χ4v) is 1.43. The molecule has 0 fully saturated rings. The van der Waals surface area contributed by atoms with Crippen molar-refractivity contribution in [2.24, 2.45) is 5.73 Å². The second-order valence-corrected chi connectivity index (χ2v) is 3.73. The fraction of sp³-hybridized carbons (Fsp3) is 1.00. The van der Waals surface area contributed by atoms with Gasteiger partial charge in [0.15, 0.2) is 0 Å². The normalized spacial score (nSPS) is 18.7. The summed E-state index contributed by atoms with van der Waals surface area (Å²) in [6.07, 6.45) is 1.46. The van der Waals surface area contributed by atoms with Gasteiger partial charge in [-0.05, 0) is 33.2 Å². The first-order valence-corrected chi connectivity index (χ1v) is 5.23. The SMILES string of the molecule is CCCN(C(C)CC)[C@H](N)C(C)O. The first kappa shape index (κ1) is 12.9. The van der Waals surface area contributed by atoms with Gasteiger partial charge in [0.2, 0.25) is 0 Å². The quantitative estimate of drug-likeness (QED) is 0.615. The van der Waals surface area contributed by atoms with Gasteiger partial charge >= 0.3 is 0 Å². The largest absolute Gasteiger partial charge is 0.390 e. The van der Waals surface area contributed by atoms with E-state index in [4.69, 9.17) is 5.73 Å². The molecule has 13 heavy (non-hydrogen) atoms. The van der Waals surface area contributed by atoms with Crippen LogP contribution in [-0.4, -0.2) is 34.9 Å². The summed E-state index contributed by atoms with van der Waals surface area (Å²) in [5, 5.41) is 9.40. The van der Waals surface area contributed by atoms with Crippen LogP contribution < -0.4 is 5.73 Å². The van der Waals surface area contributed by atoms with Gasteiger partial charge in [-0.3, -0.25) is 4.90 Å². The molecule has 3 atom stereocenters. The first-order chi connectivity index (χ1) is 6.04. The second-order valence-electron chi connectivity index (χ2n) is 3.73. The van der Waals surface area contributed by atoms with E-state index in [2.05, 4.69) is 25.7 Å². The van der Waals surface area contributed by atoms with Crippen molar-refractivity contribution in [2.45, 2.75) is 58.8 Å². The monoisotopic (exact) mass is 188 g/mol. The summed E-state index contributed by atoms with van der Waals surface area (Å²) in [6.45, 7) is 9.13. The molecular formula is C10H24N2O. The lowest BCUT2D eigenvalue weighted by Crippen LogP contribution is -2.52. The summed E-state index contributed by atoms with van der Waals surface area (Å²) >= 11 is 0. The number of hydrogen-bond donors (Lipinski definition) is 2. The van der Waals surface area contributed by atoms with E-state index in [1.54, 1.807) is 6.92 Å². The molecule has 3 heteroatoms. The highest BCUT2D eigenvalue weighted by Crippen LogP contribution is 2.09. The van der Waals surface area contributed by atoms with Crippen molar-refractivity contribution < 1.29 is 5.11 Å². The molecule has 0 aromatic carbocycles. The Bertz CT molecular complexity index is 128. The first-order valence-electron chi connectivity index (χ1n) is 5.23. The van der Waals surface area contributed by atoms with Crippen LogP contribution in [0.2, 0.25) is 0 Å². The van der Waals surface area contributed by atoms with Gasteiger partial charge in [0.25, 0.3) is 0 Å². The third-order valence-corrected chi connectivity index (χ3v) is 2.52. The van der Waals surface area contributed by atoms with Gasteiger partial charge in [-0.2, -0.15) is 0 Å². The van der Waals surface area contributed by atoms with Gasteiger partial charge in [0, 0.05) is 6.04 Å². The summed E-state index contributed by atoms with van der Waals surface area (Å²) in [6, 6.07) is 0.449. The molecule has 0 aromatic heterocycles. The molecule has 0 saturated carbocycles. The van der Waals surface area contributed by atoms with Crippen molar-refractivity contribution in [2.75, 3.05) is 6.54 Å². The van der Waals surface area contributed by atoms with E-state index in [9.17, 15) is 5.11 Å². The van der Waals surface area contributed by atoms with Crippen LogP contribution in [0.4, 0.5) is 0 Å². The third-order valence-electron chi connectivity index (χ3n) is 2.52. The number of aliphatic hydroxyl groups is 1. The number of aliphatic hydroxyl groups excluding tert-OH is 1. The Labute approximate surface area is 81.9 Å². The molecule has 3 nitrogen and oxygen atoms in total. The lowest BCUT2D eigenvalue weighted by Gasteiger charge is -2.35. The number of hydrogen-bond acceptors (Lipinski definition) is 3. The lowest BCUT2D eigenvalue weighted by atomic mass is 10.1. The maximum Gasteiger partial charge on any atom is 0.0839 e. The van der Waals surface area contributed by atoms with Crippen molar-refractivity contribution in [3.05, 3.63) is 0 Å². The molecule has 0 heterocycles. The predicted molar refractivity (Wildman–Crippen MR) is 56.4 cm³/mol. The van der Waals surface area contributed by atoms with Crippen LogP contribution in [-0.2, 0) is 0 Å². The zero-order chi connectivity index (χ0) is 10.4. The molecule has 0 rings (SSSR count). The molecule has 0 aromatic rings. The van der Waals surface area contributed by atoms with Gasteiger partial charge < -0.3 is 10.8 Å². The molecule has 0 spiro atoms. The molecule has 2 unspecified atom stereocenters. The van der Waals surface area contributed by atoms with Gasteiger partial charge in [-0.15, -0.1) is 0 Å². The van der Waals surface area contributed by atoms with E-state index in [1.165, 1.54) is 0 Å². The van der Waals surface area contributed by atoms with Crippen molar-refractivity contribution >= 4 is 0 Å². The molecule has 0 saturated heterocycles. The van der Waals surface area contributed by atoms with E-state index < -0.39 is 6.10 Å². The summed E-state index contributed by atoms with van der Waals surface area (Å²) in [5.74, 6) is 0. The van der Waals surface area contributed by atoms with E-state index in [1.807, 2.05) is 0 Å².